The van der Waals surface area contributed by atoms with Gasteiger partial charge in [-0.15, -0.1) is 0 Å². The highest BCUT2D eigenvalue weighted by atomic mass is 32.2. The molecule has 0 spiro atoms. The van der Waals surface area contributed by atoms with Gasteiger partial charge in [0.1, 0.15) is 11.3 Å². The van der Waals surface area contributed by atoms with Gasteiger partial charge in [-0.1, -0.05) is 18.7 Å². The average Bonchev–Trinajstić information content (AvgIpc) is 3.17. The molecule has 0 fully saturated rings. The number of methoxy groups -OCH3 is 1. The van der Waals surface area contributed by atoms with E-state index in [1.54, 1.807) is 31.0 Å². The number of hydrogen-bond acceptors (Lipinski definition) is 7. The molecule has 0 aliphatic carbocycles. The molecule has 6 nitrogen and oxygen atoms in total. The van der Waals surface area contributed by atoms with Gasteiger partial charge in [-0.25, -0.2) is 0 Å². The Kier molecular flexibility index (Phi) is 5.06. The fourth-order valence-corrected chi connectivity index (χ4v) is 3.60. The molecule has 0 aliphatic heterocycles. The molecule has 0 saturated heterocycles. The number of carbonyl (C=O) groups excluding carboxylic acids is 1. The third-order valence-electron chi connectivity index (χ3n) is 3.41. The first kappa shape index (κ1) is 16.8. The number of nitrogens with zero attached hydrogens (tertiary/aromatic N) is 2. The normalized spacial score (nSPS) is 11.0. The minimum atomic E-state index is -0.328. The van der Waals surface area contributed by atoms with Crippen LogP contribution in [0.4, 0.5) is 5.13 Å². The molecule has 3 rings (SSSR count). The number of rotatable bonds is 6. The molecule has 0 radical (unpaired) electrons. The fourth-order valence-electron chi connectivity index (χ4n) is 2.21. The van der Waals surface area contributed by atoms with E-state index >= 15 is 0 Å². The zero-order chi connectivity index (χ0) is 17.1. The maximum Gasteiger partial charge on any atom is 0.293 e. The number of fused-ring (bicyclic) bond motifs is 1. The number of benzene rings is 1. The molecular weight excluding hydrogens is 346 g/mol. The first-order chi connectivity index (χ1) is 11.6. The maximum absolute atomic E-state index is 12.5. The monoisotopic (exact) mass is 363 g/mol. The number of anilines is 1. The largest absolute Gasteiger partial charge is 0.497 e. The first-order valence-electron chi connectivity index (χ1n) is 7.47. The summed E-state index contributed by atoms with van der Waals surface area (Å²) in [6.45, 7) is 3.95. The van der Waals surface area contributed by atoms with Crippen LogP contribution >= 0.6 is 23.3 Å². The molecule has 0 bridgehead atoms. The van der Waals surface area contributed by atoms with Crippen molar-refractivity contribution in [2.24, 2.45) is 0 Å². The van der Waals surface area contributed by atoms with E-state index in [0.717, 1.165) is 28.9 Å². The zero-order valence-electron chi connectivity index (χ0n) is 13.6. The Labute approximate surface area is 147 Å². The summed E-state index contributed by atoms with van der Waals surface area (Å²) in [5, 5.41) is 4.76. The van der Waals surface area contributed by atoms with Gasteiger partial charge in [0.15, 0.2) is 5.76 Å². The lowest BCUT2D eigenvalue weighted by atomic mass is 10.1. The van der Waals surface area contributed by atoms with Crippen molar-refractivity contribution in [1.29, 1.82) is 0 Å². The van der Waals surface area contributed by atoms with Gasteiger partial charge in [0, 0.05) is 28.2 Å². The van der Waals surface area contributed by atoms with Gasteiger partial charge in [0.2, 0.25) is 10.3 Å². The Morgan fingerprint density at radius 1 is 1.46 bits per heavy atom. The molecule has 24 heavy (non-hydrogen) atoms. The van der Waals surface area contributed by atoms with Gasteiger partial charge in [0.25, 0.3) is 5.91 Å². The lowest BCUT2D eigenvalue weighted by Gasteiger charge is -1.99. The molecule has 0 saturated carbocycles. The Morgan fingerprint density at radius 2 is 2.29 bits per heavy atom. The van der Waals surface area contributed by atoms with Crippen LogP contribution in [0, 0.1) is 6.92 Å². The van der Waals surface area contributed by atoms with Crippen molar-refractivity contribution in [3.05, 3.63) is 29.5 Å². The summed E-state index contributed by atoms with van der Waals surface area (Å²) in [7, 11) is 1.60. The summed E-state index contributed by atoms with van der Waals surface area (Å²) < 4.78 is 15.1. The summed E-state index contributed by atoms with van der Waals surface area (Å²) in [4.78, 5) is 16.8. The van der Waals surface area contributed by atoms with Crippen molar-refractivity contribution < 1.29 is 13.9 Å². The van der Waals surface area contributed by atoms with Gasteiger partial charge < -0.3 is 9.15 Å². The van der Waals surface area contributed by atoms with Gasteiger partial charge in [-0.05, 0) is 31.5 Å². The number of ether oxygens (including phenoxy) is 1. The van der Waals surface area contributed by atoms with Crippen molar-refractivity contribution in [2.45, 2.75) is 25.4 Å². The standard InChI is InChI=1S/C16H17N3O3S2/c1-4-7-23-16-18-15(24-19-16)17-14(20)13-9(2)11-8-10(21-3)5-6-12(11)22-13/h5-6,8H,4,7H2,1-3H3,(H,17,18,19,20). The second-order valence-corrected chi connectivity index (χ2v) is 6.92. The second-order valence-electron chi connectivity index (χ2n) is 5.10. The average molecular weight is 363 g/mol. The van der Waals surface area contributed by atoms with E-state index in [1.165, 1.54) is 11.5 Å². The maximum atomic E-state index is 12.5. The number of furan rings is 1. The van der Waals surface area contributed by atoms with Crippen LogP contribution < -0.4 is 10.1 Å². The van der Waals surface area contributed by atoms with E-state index < -0.39 is 0 Å². The number of hydrogen-bond donors (Lipinski definition) is 1. The quantitative estimate of drug-likeness (QED) is 0.656. The molecule has 3 aromatic rings. The van der Waals surface area contributed by atoms with Crippen LogP contribution in [0.1, 0.15) is 29.5 Å². The van der Waals surface area contributed by atoms with Crippen LogP contribution in [-0.2, 0) is 0 Å². The van der Waals surface area contributed by atoms with Crippen molar-refractivity contribution in [3.8, 4) is 5.75 Å². The molecule has 1 amide bonds. The zero-order valence-corrected chi connectivity index (χ0v) is 15.2. The van der Waals surface area contributed by atoms with Crippen molar-refractivity contribution in [3.63, 3.8) is 0 Å². The lowest BCUT2D eigenvalue weighted by Crippen LogP contribution is -2.11. The molecule has 8 heteroatoms. The van der Waals surface area contributed by atoms with Gasteiger partial charge >= 0.3 is 0 Å². The molecule has 0 aliphatic rings. The molecule has 126 valence electrons. The number of aryl methyl sites for hydroxylation is 1. The molecular formula is C16H17N3O3S2. The summed E-state index contributed by atoms with van der Waals surface area (Å²) >= 11 is 2.74. The minimum Gasteiger partial charge on any atom is -0.497 e. The van der Waals surface area contributed by atoms with Crippen LogP contribution in [0.25, 0.3) is 11.0 Å². The highest BCUT2D eigenvalue weighted by Gasteiger charge is 2.19. The third-order valence-corrected chi connectivity index (χ3v) is 5.21. The molecule has 0 atom stereocenters. The van der Waals surface area contributed by atoms with Gasteiger partial charge in [0.05, 0.1) is 7.11 Å². The Bertz CT molecular complexity index is 873. The fraction of sp³-hybridized carbons (Fsp3) is 0.312. The van der Waals surface area contributed by atoms with E-state index in [-0.39, 0.29) is 11.7 Å². The highest BCUT2D eigenvalue weighted by molar-refractivity contribution is 7.99. The predicted molar refractivity (Wildman–Crippen MR) is 96.4 cm³/mol. The van der Waals surface area contributed by atoms with Gasteiger partial charge in [-0.3, -0.25) is 10.1 Å². The highest BCUT2D eigenvalue weighted by Crippen LogP contribution is 2.29. The van der Waals surface area contributed by atoms with Crippen molar-refractivity contribution in [1.82, 2.24) is 9.36 Å². The molecule has 1 aromatic carbocycles. The van der Waals surface area contributed by atoms with Crippen LogP contribution in [-0.4, -0.2) is 28.1 Å². The topological polar surface area (TPSA) is 77.2 Å². The Morgan fingerprint density at radius 3 is 3.04 bits per heavy atom. The third kappa shape index (κ3) is 3.39. The van der Waals surface area contributed by atoms with E-state index in [9.17, 15) is 4.79 Å². The van der Waals surface area contributed by atoms with Crippen LogP contribution in [0.5, 0.6) is 5.75 Å². The van der Waals surface area contributed by atoms with Crippen LogP contribution in [0.2, 0.25) is 0 Å². The number of thioether (sulfide) groups is 1. The van der Waals surface area contributed by atoms with Crippen LogP contribution in [0.3, 0.4) is 0 Å². The van der Waals surface area contributed by atoms with Crippen LogP contribution in [0.15, 0.2) is 27.8 Å². The first-order valence-corrected chi connectivity index (χ1v) is 9.23. The van der Waals surface area contributed by atoms with Crippen molar-refractivity contribution >= 4 is 45.3 Å². The van der Waals surface area contributed by atoms with Gasteiger partial charge in [-0.2, -0.15) is 9.36 Å². The summed E-state index contributed by atoms with van der Waals surface area (Å²) in [5.74, 6) is 1.62. The Balaban J connectivity index is 1.81. The second kappa shape index (κ2) is 7.23. The van der Waals surface area contributed by atoms with E-state index in [0.29, 0.717) is 15.9 Å². The summed E-state index contributed by atoms with van der Waals surface area (Å²) in [6, 6.07) is 5.45. The predicted octanol–water partition coefficient (Wildman–Crippen LogP) is 4.36. The number of nitrogens with one attached hydrogen (secondary N) is 1. The minimum absolute atomic E-state index is 0.274. The molecule has 1 N–H and O–H groups in total. The number of aromatic nitrogens is 2. The Hall–Kier alpha value is -2.06. The SMILES string of the molecule is CCCSc1nsc(NC(=O)c2oc3ccc(OC)cc3c2C)n1. The summed E-state index contributed by atoms with van der Waals surface area (Å²) in [5.41, 5.74) is 1.42. The van der Waals surface area contributed by atoms with E-state index in [2.05, 4.69) is 21.6 Å². The lowest BCUT2D eigenvalue weighted by molar-refractivity contribution is 0.0998. The van der Waals surface area contributed by atoms with E-state index in [4.69, 9.17) is 9.15 Å². The number of carbonyl (C=O) groups is 1. The molecule has 2 heterocycles. The van der Waals surface area contributed by atoms with Crippen molar-refractivity contribution in [2.75, 3.05) is 18.2 Å². The van der Waals surface area contributed by atoms with E-state index in [1.807, 2.05) is 13.0 Å². The molecule has 0 unspecified atom stereocenters. The summed E-state index contributed by atoms with van der Waals surface area (Å²) in [6.07, 6.45) is 1.05. The molecule has 2 aromatic heterocycles. The smallest absolute Gasteiger partial charge is 0.293 e. The number of amides is 1.